The molecule has 9 heteroatoms. The lowest BCUT2D eigenvalue weighted by Gasteiger charge is -2.11. The first-order chi connectivity index (χ1) is 14.4. The predicted octanol–water partition coefficient (Wildman–Crippen LogP) is 4.42. The molecule has 0 bridgehead atoms. The summed E-state index contributed by atoms with van der Waals surface area (Å²) in [6.45, 7) is 1.56. The zero-order valence-electron chi connectivity index (χ0n) is 15.7. The van der Waals surface area contributed by atoms with Crippen molar-refractivity contribution in [1.29, 1.82) is 0 Å². The van der Waals surface area contributed by atoms with Crippen LogP contribution in [-0.4, -0.2) is 26.2 Å². The van der Waals surface area contributed by atoms with Gasteiger partial charge in [-0.2, -0.15) is 0 Å². The second-order valence-corrected chi connectivity index (χ2v) is 6.51. The number of hydrogen-bond donors (Lipinski definition) is 1. The summed E-state index contributed by atoms with van der Waals surface area (Å²) in [7, 11) is 0. The van der Waals surface area contributed by atoms with Gasteiger partial charge in [0.1, 0.15) is 11.3 Å². The SMILES string of the molecule is C[C@H](OC(=O)c1cc2ccccc2cc1O)c1nnc(-c2ccc([N+](=O)[O-])cc2)o1. The topological polar surface area (TPSA) is 129 Å². The number of phenols is 1. The molecule has 1 aromatic heterocycles. The van der Waals surface area contributed by atoms with Crippen molar-refractivity contribution >= 4 is 22.4 Å². The van der Waals surface area contributed by atoms with Gasteiger partial charge in [0.25, 0.3) is 11.6 Å². The number of hydrogen-bond acceptors (Lipinski definition) is 8. The summed E-state index contributed by atoms with van der Waals surface area (Å²) >= 11 is 0. The zero-order chi connectivity index (χ0) is 21.3. The molecule has 0 aliphatic rings. The van der Waals surface area contributed by atoms with Crippen molar-refractivity contribution in [1.82, 2.24) is 10.2 Å². The number of nitro groups is 1. The van der Waals surface area contributed by atoms with Gasteiger partial charge in [0.2, 0.25) is 5.89 Å². The molecule has 0 saturated heterocycles. The van der Waals surface area contributed by atoms with Crippen molar-refractivity contribution in [2.75, 3.05) is 0 Å². The van der Waals surface area contributed by atoms with Crippen LogP contribution in [0.5, 0.6) is 5.75 Å². The van der Waals surface area contributed by atoms with Crippen LogP contribution in [0.3, 0.4) is 0 Å². The maximum Gasteiger partial charge on any atom is 0.342 e. The molecule has 0 radical (unpaired) electrons. The average Bonchev–Trinajstić information content (AvgIpc) is 3.23. The van der Waals surface area contributed by atoms with Gasteiger partial charge >= 0.3 is 5.97 Å². The molecule has 30 heavy (non-hydrogen) atoms. The van der Waals surface area contributed by atoms with E-state index in [-0.39, 0.29) is 28.8 Å². The highest BCUT2D eigenvalue weighted by Crippen LogP contribution is 2.28. The molecule has 0 spiro atoms. The normalized spacial score (nSPS) is 11.9. The van der Waals surface area contributed by atoms with Crippen molar-refractivity contribution in [3.8, 4) is 17.2 Å². The molecular formula is C21H15N3O6. The number of esters is 1. The van der Waals surface area contributed by atoms with Crippen molar-refractivity contribution < 1.29 is 24.0 Å². The molecule has 0 fully saturated rings. The van der Waals surface area contributed by atoms with E-state index in [1.165, 1.54) is 30.3 Å². The summed E-state index contributed by atoms with van der Waals surface area (Å²) in [6.07, 6.45) is -0.873. The van der Waals surface area contributed by atoms with Crippen molar-refractivity contribution in [3.05, 3.63) is 82.2 Å². The summed E-state index contributed by atoms with van der Waals surface area (Å²) in [6, 6.07) is 16.0. The van der Waals surface area contributed by atoms with E-state index in [2.05, 4.69) is 10.2 Å². The molecular weight excluding hydrogens is 390 g/mol. The highest BCUT2D eigenvalue weighted by molar-refractivity contribution is 5.98. The van der Waals surface area contributed by atoms with Crippen molar-refractivity contribution in [2.45, 2.75) is 13.0 Å². The fourth-order valence-corrected chi connectivity index (χ4v) is 2.91. The number of ether oxygens (including phenoxy) is 1. The van der Waals surface area contributed by atoms with E-state index in [4.69, 9.17) is 9.15 Å². The molecule has 4 rings (SSSR count). The molecule has 4 aromatic rings. The fraction of sp³-hybridized carbons (Fsp3) is 0.0952. The van der Waals surface area contributed by atoms with Crippen LogP contribution < -0.4 is 0 Å². The van der Waals surface area contributed by atoms with Crippen LogP contribution in [0.25, 0.3) is 22.2 Å². The first-order valence-corrected chi connectivity index (χ1v) is 8.93. The quantitative estimate of drug-likeness (QED) is 0.293. The number of carbonyl (C=O) groups excluding carboxylic acids is 1. The molecule has 1 heterocycles. The standard InChI is InChI=1S/C21H15N3O6/c1-12(19-22-23-20(30-19)13-6-8-16(9-7-13)24(27)28)29-21(26)17-10-14-4-2-3-5-15(14)11-18(17)25/h2-12,25H,1H3/t12-/m0/s1. The maximum atomic E-state index is 12.5. The Bertz CT molecular complexity index is 1250. The molecule has 1 N–H and O–H groups in total. The van der Waals surface area contributed by atoms with E-state index in [0.29, 0.717) is 5.56 Å². The summed E-state index contributed by atoms with van der Waals surface area (Å²) in [5.74, 6) is -0.739. The number of phenolic OH excluding ortho intramolecular Hbond substituents is 1. The molecule has 0 aliphatic heterocycles. The summed E-state index contributed by atoms with van der Waals surface area (Å²) < 4.78 is 10.9. The monoisotopic (exact) mass is 405 g/mol. The Morgan fingerprint density at radius 3 is 2.43 bits per heavy atom. The number of nitrogens with zero attached hydrogens (tertiary/aromatic N) is 3. The van der Waals surface area contributed by atoms with Crippen LogP contribution >= 0.6 is 0 Å². The van der Waals surface area contributed by atoms with E-state index in [1.807, 2.05) is 24.3 Å². The number of carbonyl (C=O) groups is 1. The number of fused-ring (bicyclic) bond motifs is 1. The van der Waals surface area contributed by atoms with E-state index in [9.17, 15) is 20.0 Å². The summed E-state index contributed by atoms with van der Waals surface area (Å²) in [5.41, 5.74) is 0.455. The van der Waals surface area contributed by atoms with Gasteiger partial charge in [0, 0.05) is 17.7 Å². The van der Waals surface area contributed by atoms with E-state index in [1.54, 1.807) is 13.0 Å². The Kier molecular flexibility index (Phi) is 4.85. The van der Waals surface area contributed by atoms with Crippen molar-refractivity contribution in [3.63, 3.8) is 0 Å². The molecule has 0 unspecified atom stereocenters. The van der Waals surface area contributed by atoms with Crippen LogP contribution in [0.15, 0.2) is 65.1 Å². The van der Waals surface area contributed by atoms with Crippen LogP contribution in [-0.2, 0) is 4.74 Å². The minimum absolute atomic E-state index is 0.0238. The molecule has 9 nitrogen and oxygen atoms in total. The first-order valence-electron chi connectivity index (χ1n) is 8.93. The number of benzene rings is 3. The second kappa shape index (κ2) is 7.63. The molecule has 1 atom stereocenters. The Labute approximate surface area is 169 Å². The van der Waals surface area contributed by atoms with Gasteiger partial charge in [-0.3, -0.25) is 10.1 Å². The van der Waals surface area contributed by atoms with E-state index in [0.717, 1.165) is 10.8 Å². The molecule has 3 aromatic carbocycles. The third-order valence-corrected chi connectivity index (χ3v) is 4.48. The number of rotatable bonds is 5. The van der Waals surface area contributed by atoms with Gasteiger partial charge in [0.15, 0.2) is 6.10 Å². The smallest absolute Gasteiger partial charge is 0.342 e. The fourth-order valence-electron chi connectivity index (χ4n) is 2.91. The van der Waals surface area contributed by atoms with Gasteiger partial charge in [-0.1, -0.05) is 24.3 Å². The van der Waals surface area contributed by atoms with Gasteiger partial charge in [-0.25, -0.2) is 4.79 Å². The van der Waals surface area contributed by atoms with Crippen LogP contribution in [0, 0.1) is 10.1 Å². The van der Waals surface area contributed by atoms with E-state index >= 15 is 0 Å². The lowest BCUT2D eigenvalue weighted by Crippen LogP contribution is -2.10. The van der Waals surface area contributed by atoms with Crippen LogP contribution in [0.1, 0.15) is 29.3 Å². The Morgan fingerprint density at radius 1 is 1.10 bits per heavy atom. The summed E-state index contributed by atoms with van der Waals surface area (Å²) in [5, 5.41) is 30.3. The average molecular weight is 405 g/mol. The highest BCUT2D eigenvalue weighted by atomic mass is 16.6. The van der Waals surface area contributed by atoms with Gasteiger partial charge in [0.05, 0.1) is 4.92 Å². The predicted molar refractivity (Wildman–Crippen MR) is 106 cm³/mol. The Hall–Kier alpha value is -4.27. The van der Waals surface area contributed by atoms with Gasteiger partial charge in [-0.15, -0.1) is 10.2 Å². The minimum atomic E-state index is -0.873. The molecule has 0 amide bonds. The lowest BCUT2D eigenvalue weighted by molar-refractivity contribution is -0.384. The van der Waals surface area contributed by atoms with E-state index < -0.39 is 17.0 Å². The third-order valence-electron chi connectivity index (χ3n) is 4.48. The zero-order valence-corrected chi connectivity index (χ0v) is 15.7. The van der Waals surface area contributed by atoms with Gasteiger partial charge in [-0.05, 0) is 42.0 Å². The first kappa shape index (κ1) is 19.1. The van der Waals surface area contributed by atoms with Crippen LogP contribution in [0.4, 0.5) is 5.69 Å². The minimum Gasteiger partial charge on any atom is -0.507 e. The summed E-state index contributed by atoms with van der Waals surface area (Å²) in [4.78, 5) is 22.8. The number of aromatic hydroxyl groups is 1. The highest BCUT2D eigenvalue weighted by Gasteiger charge is 2.22. The van der Waals surface area contributed by atoms with Gasteiger partial charge < -0.3 is 14.3 Å². The number of nitro benzene ring substituents is 1. The second-order valence-electron chi connectivity index (χ2n) is 6.51. The van der Waals surface area contributed by atoms with Crippen LogP contribution in [0.2, 0.25) is 0 Å². The molecule has 0 aliphatic carbocycles. The maximum absolute atomic E-state index is 12.5. The lowest BCUT2D eigenvalue weighted by atomic mass is 10.1. The molecule has 0 saturated carbocycles. The van der Waals surface area contributed by atoms with Crippen molar-refractivity contribution in [2.24, 2.45) is 0 Å². The third kappa shape index (κ3) is 3.68. The molecule has 150 valence electrons. The Morgan fingerprint density at radius 2 is 1.77 bits per heavy atom. The largest absolute Gasteiger partial charge is 0.507 e. The Balaban J connectivity index is 1.52. The number of aromatic nitrogens is 2. The number of non-ortho nitro benzene ring substituents is 1.